The molecule has 1 N–H and O–H groups in total. The molecule has 2 heterocycles. The average Bonchev–Trinajstić information content (AvgIpc) is 2.30. The number of halogens is 2. The molecular formula is C9H11F2N3O2. The minimum atomic E-state index is -2.88. The van der Waals surface area contributed by atoms with Crippen LogP contribution in [0.15, 0.2) is 12.1 Å². The van der Waals surface area contributed by atoms with E-state index in [2.05, 4.69) is 20.3 Å². The van der Waals surface area contributed by atoms with Crippen molar-refractivity contribution in [3.63, 3.8) is 0 Å². The highest BCUT2D eigenvalue weighted by molar-refractivity contribution is 5.14. The molecule has 0 spiro atoms. The van der Waals surface area contributed by atoms with Crippen molar-refractivity contribution >= 4 is 0 Å². The van der Waals surface area contributed by atoms with Gasteiger partial charge < -0.3 is 14.8 Å². The maximum absolute atomic E-state index is 11.9. The first-order valence-corrected chi connectivity index (χ1v) is 4.85. The van der Waals surface area contributed by atoms with Crippen LogP contribution < -0.4 is 10.1 Å². The highest BCUT2D eigenvalue weighted by atomic mass is 19.3. The van der Waals surface area contributed by atoms with Crippen molar-refractivity contribution < 1.29 is 18.3 Å². The van der Waals surface area contributed by atoms with Crippen LogP contribution in [0.2, 0.25) is 0 Å². The molecule has 1 saturated heterocycles. The lowest BCUT2D eigenvalue weighted by atomic mass is 10.2. The summed E-state index contributed by atoms with van der Waals surface area (Å²) in [7, 11) is 0. The fourth-order valence-electron chi connectivity index (χ4n) is 1.43. The van der Waals surface area contributed by atoms with Crippen molar-refractivity contribution in [2.75, 3.05) is 19.8 Å². The molecule has 16 heavy (non-hydrogen) atoms. The minimum absolute atomic E-state index is 0.0400. The zero-order valence-electron chi connectivity index (χ0n) is 8.40. The maximum atomic E-state index is 11.9. The van der Waals surface area contributed by atoms with Gasteiger partial charge in [-0.25, -0.2) is 0 Å². The van der Waals surface area contributed by atoms with Gasteiger partial charge in [-0.1, -0.05) is 0 Å². The van der Waals surface area contributed by atoms with Crippen molar-refractivity contribution in [1.29, 1.82) is 0 Å². The fourth-order valence-corrected chi connectivity index (χ4v) is 1.43. The van der Waals surface area contributed by atoms with E-state index in [0.29, 0.717) is 18.9 Å². The van der Waals surface area contributed by atoms with Crippen molar-refractivity contribution in [3.8, 4) is 5.88 Å². The summed E-state index contributed by atoms with van der Waals surface area (Å²) in [6, 6.07) is 2.92. The Balaban J connectivity index is 2.00. The number of ether oxygens (including phenoxy) is 2. The zero-order chi connectivity index (χ0) is 11.4. The molecule has 1 aliphatic rings. The Hall–Kier alpha value is -1.34. The molecule has 0 aromatic carbocycles. The highest BCUT2D eigenvalue weighted by Crippen LogP contribution is 2.15. The quantitative estimate of drug-likeness (QED) is 0.831. The van der Waals surface area contributed by atoms with Gasteiger partial charge in [0.15, 0.2) is 0 Å². The molecule has 0 aliphatic carbocycles. The minimum Gasteiger partial charge on any atom is -0.415 e. The predicted octanol–water partition coefficient (Wildman–Crippen LogP) is 0.739. The normalized spacial score (nSPS) is 21.1. The Morgan fingerprint density at radius 3 is 2.88 bits per heavy atom. The summed E-state index contributed by atoms with van der Waals surface area (Å²) in [5.74, 6) is -0.185. The van der Waals surface area contributed by atoms with Crippen molar-refractivity contribution in [2.45, 2.75) is 12.7 Å². The van der Waals surface area contributed by atoms with Crippen LogP contribution in [0.25, 0.3) is 0 Å². The Bertz CT molecular complexity index is 328. The van der Waals surface area contributed by atoms with Gasteiger partial charge >= 0.3 is 6.61 Å². The molecule has 2 rings (SSSR count). The number of hydrogen-bond acceptors (Lipinski definition) is 5. The number of rotatable bonds is 3. The summed E-state index contributed by atoms with van der Waals surface area (Å²) >= 11 is 0. The molecule has 1 aromatic rings. The summed E-state index contributed by atoms with van der Waals surface area (Å²) in [5.41, 5.74) is 0.654. The van der Waals surface area contributed by atoms with Crippen molar-refractivity contribution in [2.24, 2.45) is 0 Å². The number of hydrogen-bond donors (Lipinski definition) is 1. The van der Waals surface area contributed by atoms with Crippen molar-refractivity contribution in [3.05, 3.63) is 17.8 Å². The molecule has 5 nitrogen and oxygen atoms in total. The predicted molar refractivity (Wildman–Crippen MR) is 50.2 cm³/mol. The third-order valence-corrected chi connectivity index (χ3v) is 2.15. The molecule has 0 radical (unpaired) electrons. The number of alkyl halides is 2. The van der Waals surface area contributed by atoms with Crippen LogP contribution in [-0.2, 0) is 4.74 Å². The molecule has 0 saturated carbocycles. The van der Waals surface area contributed by atoms with E-state index < -0.39 is 6.61 Å². The maximum Gasteiger partial charge on any atom is 0.388 e. The molecule has 0 amide bonds. The van der Waals surface area contributed by atoms with E-state index in [1.54, 1.807) is 6.07 Å². The van der Waals surface area contributed by atoms with E-state index in [1.165, 1.54) is 6.07 Å². The molecule has 1 fully saturated rings. The van der Waals surface area contributed by atoms with E-state index in [4.69, 9.17) is 4.74 Å². The first-order chi connectivity index (χ1) is 7.75. The lowest BCUT2D eigenvalue weighted by molar-refractivity contribution is -0.0535. The van der Waals surface area contributed by atoms with Crippen LogP contribution in [0.1, 0.15) is 11.7 Å². The molecule has 1 atom stereocenters. The van der Waals surface area contributed by atoms with E-state index in [0.717, 1.165) is 6.54 Å². The second-order valence-corrected chi connectivity index (χ2v) is 3.26. The van der Waals surface area contributed by atoms with Crippen LogP contribution >= 0.6 is 0 Å². The molecule has 0 bridgehead atoms. The van der Waals surface area contributed by atoms with Gasteiger partial charge in [0.1, 0.15) is 0 Å². The largest absolute Gasteiger partial charge is 0.415 e. The topological polar surface area (TPSA) is 56.3 Å². The molecule has 1 aliphatic heterocycles. The zero-order valence-corrected chi connectivity index (χ0v) is 8.40. The van der Waals surface area contributed by atoms with Gasteiger partial charge in [-0.05, 0) is 6.07 Å². The lowest BCUT2D eigenvalue weighted by Crippen LogP contribution is -2.35. The van der Waals surface area contributed by atoms with E-state index in [-0.39, 0.29) is 11.9 Å². The van der Waals surface area contributed by atoms with Gasteiger partial charge in [0.25, 0.3) is 0 Å². The van der Waals surface area contributed by atoms with Gasteiger partial charge in [-0.15, -0.1) is 5.10 Å². The molecule has 1 aromatic heterocycles. The average molecular weight is 231 g/mol. The number of aromatic nitrogens is 2. The molecular weight excluding hydrogens is 220 g/mol. The SMILES string of the molecule is FC(F)Oc1ccc([C@H]2COCCN2)nn1. The summed E-state index contributed by atoms with van der Waals surface area (Å²) in [6.45, 7) is -0.974. The Morgan fingerprint density at radius 2 is 2.31 bits per heavy atom. The third-order valence-electron chi connectivity index (χ3n) is 2.15. The molecule has 7 heteroatoms. The van der Waals surface area contributed by atoms with Crippen LogP contribution in [0.4, 0.5) is 8.78 Å². The van der Waals surface area contributed by atoms with Gasteiger partial charge in [0, 0.05) is 12.6 Å². The number of nitrogens with zero attached hydrogens (tertiary/aromatic N) is 2. The summed E-state index contributed by atoms with van der Waals surface area (Å²) in [4.78, 5) is 0. The van der Waals surface area contributed by atoms with E-state index in [9.17, 15) is 8.78 Å². The third kappa shape index (κ3) is 2.83. The van der Waals surface area contributed by atoms with Crippen LogP contribution in [0.5, 0.6) is 5.88 Å². The fraction of sp³-hybridized carbons (Fsp3) is 0.556. The Morgan fingerprint density at radius 1 is 1.44 bits per heavy atom. The monoisotopic (exact) mass is 231 g/mol. The smallest absolute Gasteiger partial charge is 0.388 e. The second kappa shape index (κ2) is 5.13. The van der Waals surface area contributed by atoms with Crippen LogP contribution in [0.3, 0.4) is 0 Å². The highest BCUT2D eigenvalue weighted by Gasteiger charge is 2.17. The van der Waals surface area contributed by atoms with Gasteiger partial charge in [0.2, 0.25) is 5.88 Å². The van der Waals surface area contributed by atoms with E-state index >= 15 is 0 Å². The van der Waals surface area contributed by atoms with Gasteiger partial charge in [-0.3, -0.25) is 0 Å². The van der Waals surface area contributed by atoms with Crippen molar-refractivity contribution in [1.82, 2.24) is 15.5 Å². The van der Waals surface area contributed by atoms with Crippen LogP contribution in [-0.4, -0.2) is 36.6 Å². The van der Waals surface area contributed by atoms with Gasteiger partial charge in [0.05, 0.1) is 24.9 Å². The van der Waals surface area contributed by atoms with E-state index in [1.807, 2.05) is 0 Å². The summed E-state index contributed by atoms with van der Waals surface area (Å²) < 4.78 is 33.1. The Labute approximate surface area is 90.8 Å². The number of morpholine rings is 1. The second-order valence-electron chi connectivity index (χ2n) is 3.26. The van der Waals surface area contributed by atoms with Gasteiger partial charge in [-0.2, -0.15) is 13.9 Å². The number of nitrogens with one attached hydrogen (secondary N) is 1. The summed E-state index contributed by atoms with van der Waals surface area (Å²) in [5, 5.41) is 10.5. The standard InChI is InChI=1S/C9H11F2N3O2/c10-9(11)16-8-2-1-6(13-14-8)7-5-15-4-3-12-7/h1-2,7,9,12H,3-5H2/t7-/m1/s1. The molecule has 88 valence electrons. The lowest BCUT2D eigenvalue weighted by Gasteiger charge is -2.22. The van der Waals surface area contributed by atoms with Crippen LogP contribution in [0, 0.1) is 0 Å². The Kier molecular flexibility index (Phi) is 3.58. The molecule has 0 unspecified atom stereocenters. The summed E-state index contributed by atoms with van der Waals surface area (Å²) in [6.07, 6.45) is 0. The first kappa shape index (κ1) is 11.2. The first-order valence-electron chi connectivity index (χ1n) is 4.85.